The minimum atomic E-state index is -4.93. The third kappa shape index (κ3) is 6.39. The molecule has 0 saturated heterocycles. The molecule has 0 radical (unpaired) electrons. The number of hydrogen-bond donors (Lipinski definition) is 1. The first-order chi connectivity index (χ1) is 18.9. The Bertz CT molecular complexity index is 1560. The van der Waals surface area contributed by atoms with Crippen LogP contribution in [-0.4, -0.2) is 33.9 Å². The standard InChI is InChI=1S/C29H24ClF4NO5/c1-3-4-24(28(37)38)39-25-13-17(5-12-22(25)31)15-35-16(2)26(27(36)18-6-8-19(30)9-7-18)21-11-10-20(14-23(21)35)40-29(32,33)34/h5-14,24H,3-4,15H2,1-2H3,(H,37,38). The van der Waals surface area contributed by atoms with Gasteiger partial charge in [-0.1, -0.05) is 31.0 Å². The second-order valence-electron chi connectivity index (χ2n) is 9.11. The van der Waals surface area contributed by atoms with Gasteiger partial charge in [-0.05, 0) is 67.4 Å². The van der Waals surface area contributed by atoms with Crippen LogP contribution >= 0.6 is 11.6 Å². The molecule has 3 aromatic carbocycles. The van der Waals surface area contributed by atoms with E-state index >= 15 is 0 Å². The number of ketones is 1. The maximum absolute atomic E-state index is 14.5. The lowest BCUT2D eigenvalue weighted by Crippen LogP contribution is -2.27. The number of carboxylic acid groups (broad SMARTS) is 1. The van der Waals surface area contributed by atoms with Crippen molar-refractivity contribution in [3.8, 4) is 11.5 Å². The van der Waals surface area contributed by atoms with Crippen molar-refractivity contribution in [2.24, 2.45) is 0 Å². The van der Waals surface area contributed by atoms with E-state index in [1.54, 1.807) is 42.7 Å². The molecule has 0 aliphatic heterocycles. The lowest BCUT2D eigenvalue weighted by Gasteiger charge is -2.16. The monoisotopic (exact) mass is 577 g/mol. The van der Waals surface area contributed by atoms with Crippen LogP contribution in [0.2, 0.25) is 5.02 Å². The number of aliphatic carboxylic acids is 1. The van der Waals surface area contributed by atoms with Crippen LogP contribution < -0.4 is 9.47 Å². The molecule has 0 fully saturated rings. The number of ether oxygens (including phenoxy) is 2. The van der Waals surface area contributed by atoms with Crippen LogP contribution in [0.15, 0.2) is 60.7 Å². The smallest absolute Gasteiger partial charge is 0.479 e. The first-order valence-electron chi connectivity index (χ1n) is 12.2. The van der Waals surface area contributed by atoms with Crippen molar-refractivity contribution in [1.29, 1.82) is 0 Å². The summed E-state index contributed by atoms with van der Waals surface area (Å²) in [6, 6.07) is 13.8. The van der Waals surface area contributed by atoms with Gasteiger partial charge in [0.1, 0.15) is 5.75 Å². The largest absolute Gasteiger partial charge is 0.573 e. The molecule has 40 heavy (non-hydrogen) atoms. The van der Waals surface area contributed by atoms with Crippen LogP contribution in [0.3, 0.4) is 0 Å². The van der Waals surface area contributed by atoms with Crippen LogP contribution in [0, 0.1) is 12.7 Å². The normalized spacial score (nSPS) is 12.4. The number of nitrogens with zero attached hydrogens (tertiary/aromatic N) is 1. The maximum Gasteiger partial charge on any atom is 0.573 e. The van der Waals surface area contributed by atoms with Gasteiger partial charge in [0.15, 0.2) is 23.5 Å². The number of alkyl halides is 3. The summed E-state index contributed by atoms with van der Waals surface area (Å²) in [6.45, 7) is 3.43. The Morgan fingerprint density at radius 2 is 1.75 bits per heavy atom. The number of carbonyl (C=O) groups excluding carboxylic acids is 1. The predicted molar refractivity (Wildman–Crippen MR) is 141 cm³/mol. The molecule has 0 bridgehead atoms. The zero-order chi connectivity index (χ0) is 29.2. The van der Waals surface area contributed by atoms with Gasteiger partial charge in [0, 0.05) is 34.3 Å². The lowest BCUT2D eigenvalue weighted by molar-refractivity contribution is -0.274. The molecule has 210 valence electrons. The van der Waals surface area contributed by atoms with Crippen molar-refractivity contribution < 1.29 is 41.7 Å². The third-order valence-corrected chi connectivity index (χ3v) is 6.55. The molecular weight excluding hydrogens is 554 g/mol. The summed E-state index contributed by atoms with van der Waals surface area (Å²) in [4.78, 5) is 25.0. The van der Waals surface area contributed by atoms with Crippen LogP contribution in [0.5, 0.6) is 11.5 Å². The Kier molecular flexibility index (Phi) is 8.39. The van der Waals surface area contributed by atoms with Crippen molar-refractivity contribution in [1.82, 2.24) is 4.57 Å². The molecule has 1 unspecified atom stereocenters. The van der Waals surface area contributed by atoms with E-state index in [0.717, 1.165) is 12.1 Å². The lowest BCUT2D eigenvalue weighted by atomic mass is 10.0. The highest BCUT2D eigenvalue weighted by atomic mass is 35.5. The van der Waals surface area contributed by atoms with Gasteiger partial charge in [0.2, 0.25) is 0 Å². The number of rotatable bonds is 10. The van der Waals surface area contributed by atoms with Crippen LogP contribution in [0.1, 0.15) is 46.9 Å². The van der Waals surface area contributed by atoms with E-state index in [4.69, 9.17) is 16.3 Å². The molecule has 0 spiro atoms. The number of fused-ring (bicyclic) bond motifs is 1. The van der Waals surface area contributed by atoms with Crippen molar-refractivity contribution in [2.75, 3.05) is 0 Å². The van der Waals surface area contributed by atoms with Crippen molar-refractivity contribution in [3.05, 3.63) is 93.9 Å². The van der Waals surface area contributed by atoms with Gasteiger partial charge in [-0.2, -0.15) is 0 Å². The molecule has 1 aromatic heterocycles. The molecule has 4 aromatic rings. The predicted octanol–water partition coefficient (Wildman–Crippen LogP) is 7.55. The second-order valence-corrected chi connectivity index (χ2v) is 9.54. The fourth-order valence-corrected chi connectivity index (χ4v) is 4.58. The maximum atomic E-state index is 14.5. The van der Waals surface area contributed by atoms with Gasteiger partial charge in [-0.25, -0.2) is 9.18 Å². The van der Waals surface area contributed by atoms with Gasteiger partial charge in [0.25, 0.3) is 0 Å². The first-order valence-corrected chi connectivity index (χ1v) is 12.6. The molecule has 4 rings (SSSR count). The molecule has 0 saturated carbocycles. The Morgan fingerprint density at radius 1 is 1.05 bits per heavy atom. The highest BCUT2D eigenvalue weighted by molar-refractivity contribution is 6.30. The molecule has 1 atom stereocenters. The Balaban J connectivity index is 1.81. The zero-order valence-corrected chi connectivity index (χ0v) is 22.1. The Labute approximate surface area is 231 Å². The molecule has 0 amide bonds. The summed E-state index contributed by atoms with van der Waals surface area (Å²) < 4.78 is 64.6. The number of carbonyl (C=O) groups is 2. The summed E-state index contributed by atoms with van der Waals surface area (Å²) in [5.41, 5.74) is 1.78. The minimum absolute atomic E-state index is 0.00780. The Morgan fingerprint density at radius 3 is 2.38 bits per heavy atom. The highest BCUT2D eigenvalue weighted by Crippen LogP contribution is 2.34. The fraction of sp³-hybridized carbons (Fsp3) is 0.241. The quantitative estimate of drug-likeness (QED) is 0.155. The van der Waals surface area contributed by atoms with E-state index in [0.29, 0.717) is 33.7 Å². The average Bonchev–Trinajstić information content (AvgIpc) is 3.15. The topological polar surface area (TPSA) is 77.8 Å². The molecule has 1 heterocycles. The fourth-order valence-electron chi connectivity index (χ4n) is 4.46. The first kappa shape index (κ1) is 28.9. The average molecular weight is 578 g/mol. The molecule has 0 aliphatic rings. The number of benzene rings is 3. The second kappa shape index (κ2) is 11.6. The van der Waals surface area contributed by atoms with E-state index in [-0.39, 0.29) is 35.6 Å². The number of halogens is 5. The Hall–Kier alpha value is -4.05. The number of hydrogen-bond acceptors (Lipinski definition) is 4. The third-order valence-electron chi connectivity index (χ3n) is 6.29. The van der Waals surface area contributed by atoms with E-state index < -0.39 is 30.0 Å². The van der Waals surface area contributed by atoms with Gasteiger partial charge in [-0.3, -0.25) is 4.79 Å². The molecule has 0 aliphatic carbocycles. The number of carboxylic acids is 1. The summed E-state index contributed by atoms with van der Waals surface area (Å²) in [6.07, 6.45) is -5.52. The number of aromatic nitrogens is 1. The SMILES string of the molecule is CCCC(Oc1cc(Cn2c(C)c(C(=O)c3ccc(Cl)cc3)c3ccc(OC(F)(F)F)cc32)ccc1F)C(=O)O. The van der Waals surface area contributed by atoms with Crippen LogP contribution in [0.4, 0.5) is 17.6 Å². The van der Waals surface area contributed by atoms with Crippen molar-refractivity contribution >= 4 is 34.3 Å². The van der Waals surface area contributed by atoms with Gasteiger partial charge >= 0.3 is 12.3 Å². The van der Waals surface area contributed by atoms with Crippen molar-refractivity contribution in [3.63, 3.8) is 0 Å². The summed E-state index contributed by atoms with van der Waals surface area (Å²) >= 11 is 5.95. The van der Waals surface area contributed by atoms with Crippen molar-refractivity contribution in [2.45, 2.75) is 45.7 Å². The molecule has 1 N–H and O–H groups in total. The molecular formula is C29H24ClF4NO5. The van der Waals surface area contributed by atoms with E-state index in [1.165, 1.54) is 24.3 Å². The summed E-state index contributed by atoms with van der Waals surface area (Å²) in [5.74, 6) is -3.11. The van der Waals surface area contributed by atoms with Gasteiger partial charge in [0.05, 0.1) is 11.1 Å². The van der Waals surface area contributed by atoms with Gasteiger partial charge < -0.3 is 19.1 Å². The van der Waals surface area contributed by atoms with Crippen LogP contribution in [-0.2, 0) is 11.3 Å². The summed E-state index contributed by atoms with van der Waals surface area (Å²) in [7, 11) is 0. The van der Waals surface area contributed by atoms with E-state index in [2.05, 4.69) is 4.74 Å². The minimum Gasteiger partial charge on any atom is -0.479 e. The highest BCUT2D eigenvalue weighted by Gasteiger charge is 2.32. The summed E-state index contributed by atoms with van der Waals surface area (Å²) in [5, 5.41) is 10.2. The van der Waals surface area contributed by atoms with E-state index in [9.17, 15) is 32.3 Å². The van der Waals surface area contributed by atoms with Gasteiger partial charge in [-0.15, -0.1) is 13.2 Å². The zero-order valence-electron chi connectivity index (χ0n) is 21.4. The molecule has 6 nitrogen and oxygen atoms in total. The van der Waals surface area contributed by atoms with Crippen LogP contribution in [0.25, 0.3) is 10.9 Å². The van der Waals surface area contributed by atoms with E-state index in [1.807, 2.05) is 0 Å². The molecule has 11 heteroatoms.